The van der Waals surface area contributed by atoms with Gasteiger partial charge < -0.3 is 9.64 Å². The molecule has 16 heavy (non-hydrogen) atoms. The van der Waals surface area contributed by atoms with Crippen LogP contribution >= 0.6 is 0 Å². The van der Waals surface area contributed by atoms with Crippen molar-refractivity contribution in [2.75, 3.05) is 20.2 Å². The van der Waals surface area contributed by atoms with Crippen molar-refractivity contribution in [3.05, 3.63) is 0 Å². The van der Waals surface area contributed by atoms with Crippen LogP contribution in [0, 0.1) is 18.3 Å². The Labute approximate surface area is 98.1 Å². The predicted molar refractivity (Wildman–Crippen MR) is 63.8 cm³/mol. The average molecular weight is 223 g/mol. The van der Waals surface area contributed by atoms with Gasteiger partial charge >= 0.3 is 0 Å². The highest BCUT2D eigenvalue weighted by atomic mass is 16.5. The Morgan fingerprint density at radius 2 is 2.25 bits per heavy atom. The van der Waals surface area contributed by atoms with Crippen LogP contribution in [-0.4, -0.2) is 36.6 Å². The number of nitrogens with zero attached hydrogens (tertiary/aromatic N) is 1. The number of hydrogen-bond donors (Lipinski definition) is 0. The molecule has 0 aromatic heterocycles. The Kier molecular flexibility index (Phi) is 4.37. The smallest absolute Gasteiger partial charge is 0.255 e. The van der Waals surface area contributed by atoms with Gasteiger partial charge in [-0.05, 0) is 32.1 Å². The van der Waals surface area contributed by atoms with Gasteiger partial charge in [-0.15, -0.1) is 6.42 Å². The van der Waals surface area contributed by atoms with E-state index in [0.29, 0.717) is 18.9 Å². The van der Waals surface area contributed by atoms with Gasteiger partial charge in [0.2, 0.25) is 0 Å². The Morgan fingerprint density at radius 1 is 1.62 bits per heavy atom. The van der Waals surface area contributed by atoms with Crippen LogP contribution in [-0.2, 0) is 9.53 Å². The maximum atomic E-state index is 12.3. The van der Waals surface area contributed by atoms with Crippen LogP contribution in [0.25, 0.3) is 0 Å². The number of hydrogen-bond acceptors (Lipinski definition) is 2. The Hall–Kier alpha value is -1.01. The fourth-order valence-corrected chi connectivity index (χ4v) is 1.66. The number of terminal acetylenes is 1. The van der Waals surface area contributed by atoms with Crippen LogP contribution < -0.4 is 0 Å². The molecule has 0 aromatic carbocycles. The summed E-state index contributed by atoms with van der Waals surface area (Å²) in [5, 5.41) is 0. The van der Waals surface area contributed by atoms with E-state index in [0.717, 1.165) is 6.54 Å². The quantitative estimate of drug-likeness (QED) is 0.641. The molecular weight excluding hydrogens is 202 g/mol. The normalized spacial score (nSPS) is 18.6. The van der Waals surface area contributed by atoms with E-state index in [9.17, 15) is 4.79 Å². The molecule has 0 aliphatic heterocycles. The zero-order chi connectivity index (χ0) is 12.2. The van der Waals surface area contributed by atoms with Gasteiger partial charge in [0, 0.05) is 13.7 Å². The van der Waals surface area contributed by atoms with Crippen LogP contribution in [0.1, 0.15) is 33.1 Å². The third-order valence-corrected chi connectivity index (χ3v) is 3.32. The molecule has 3 heteroatoms. The topological polar surface area (TPSA) is 29.5 Å². The van der Waals surface area contributed by atoms with Crippen LogP contribution in [0.5, 0.6) is 0 Å². The molecule has 0 spiro atoms. The molecule has 90 valence electrons. The fourth-order valence-electron chi connectivity index (χ4n) is 1.66. The molecule has 1 aliphatic carbocycles. The lowest BCUT2D eigenvalue weighted by Gasteiger charge is -2.32. The molecule has 1 fully saturated rings. The molecule has 1 rings (SSSR count). The number of amides is 1. The summed E-state index contributed by atoms with van der Waals surface area (Å²) >= 11 is 0. The summed E-state index contributed by atoms with van der Waals surface area (Å²) in [5.41, 5.74) is -0.730. The second-order valence-corrected chi connectivity index (χ2v) is 4.62. The van der Waals surface area contributed by atoms with Crippen molar-refractivity contribution in [1.29, 1.82) is 0 Å². The molecule has 0 heterocycles. The first-order valence-corrected chi connectivity index (χ1v) is 5.85. The standard InChI is InChI=1S/C13H21NO2/c1-5-9-14(10-11-7-8-11)12(15)13(3,6-2)16-4/h1,11H,6-10H2,2-4H3. The van der Waals surface area contributed by atoms with Crippen LogP contribution in [0.15, 0.2) is 0 Å². The first-order chi connectivity index (χ1) is 7.57. The molecule has 1 aliphatic rings. The molecule has 1 atom stereocenters. The molecule has 3 nitrogen and oxygen atoms in total. The molecular formula is C13H21NO2. The van der Waals surface area contributed by atoms with E-state index in [1.165, 1.54) is 12.8 Å². The zero-order valence-corrected chi connectivity index (χ0v) is 10.5. The number of ether oxygens (including phenoxy) is 1. The second kappa shape index (κ2) is 5.36. The SMILES string of the molecule is C#CCN(CC1CC1)C(=O)C(C)(CC)OC. The summed E-state index contributed by atoms with van der Waals surface area (Å²) in [6, 6.07) is 0. The fraction of sp³-hybridized carbons (Fsp3) is 0.769. The van der Waals surface area contributed by atoms with E-state index in [1.807, 2.05) is 13.8 Å². The third-order valence-electron chi connectivity index (χ3n) is 3.32. The van der Waals surface area contributed by atoms with Gasteiger partial charge in [0.15, 0.2) is 0 Å². The minimum absolute atomic E-state index is 0.0161. The van der Waals surface area contributed by atoms with Crippen LogP contribution in [0.3, 0.4) is 0 Å². The van der Waals surface area contributed by atoms with E-state index in [4.69, 9.17) is 11.2 Å². The monoisotopic (exact) mass is 223 g/mol. The van der Waals surface area contributed by atoms with Crippen LogP contribution in [0.4, 0.5) is 0 Å². The summed E-state index contributed by atoms with van der Waals surface area (Å²) in [6.07, 6.45) is 8.39. The highest BCUT2D eigenvalue weighted by molar-refractivity contribution is 5.85. The summed E-state index contributed by atoms with van der Waals surface area (Å²) in [7, 11) is 1.58. The molecule has 0 bridgehead atoms. The predicted octanol–water partition coefficient (Wildman–Crippen LogP) is 1.67. The Balaban J connectivity index is 2.68. The minimum Gasteiger partial charge on any atom is -0.369 e. The maximum absolute atomic E-state index is 12.3. The van der Waals surface area contributed by atoms with Gasteiger partial charge in [-0.1, -0.05) is 12.8 Å². The zero-order valence-electron chi connectivity index (χ0n) is 10.5. The highest BCUT2D eigenvalue weighted by Crippen LogP contribution is 2.30. The first-order valence-electron chi connectivity index (χ1n) is 5.85. The lowest BCUT2D eigenvalue weighted by molar-refractivity contribution is -0.153. The second-order valence-electron chi connectivity index (χ2n) is 4.62. The average Bonchev–Trinajstić information content (AvgIpc) is 3.10. The summed E-state index contributed by atoms with van der Waals surface area (Å²) in [4.78, 5) is 14.0. The number of rotatable bonds is 6. The molecule has 0 N–H and O–H groups in total. The number of carbonyl (C=O) groups is 1. The molecule has 1 unspecified atom stereocenters. The first kappa shape index (κ1) is 13.1. The lowest BCUT2D eigenvalue weighted by atomic mass is 10.0. The van der Waals surface area contributed by atoms with Crippen LogP contribution in [0.2, 0.25) is 0 Å². The molecule has 0 saturated heterocycles. The van der Waals surface area contributed by atoms with Crippen molar-refractivity contribution in [3.8, 4) is 12.3 Å². The number of carbonyl (C=O) groups excluding carboxylic acids is 1. The number of methoxy groups -OCH3 is 1. The van der Waals surface area contributed by atoms with Gasteiger partial charge in [0.05, 0.1) is 6.54 Å². The van der Waals surface area contributed by atoms with Gasteiger partial charge in [-0.2, -0.15) is 0 Å². The van der Waals surface area contributed by atoms with E-state index in [1.54, 1.807) is 12.0 Å². The van der Waals surface area contributed by atoms with E-state index in [-0.39, 0.29) is 5.91 Å². The summed E-state index contributed by atoms with van der Waals surface area (Å²) in [5.74, 6) is 3.22. The van der Waals surface area contributed by atoms with E-state index < -0.39 is 5.60 Å². The van der Waals surface area contributed by atoms with Crippen molar-refractivity contribution in [3.63, 3.8) is 0 Å². The Morgan fingerprint density at radius 3 is 2.62 bits per heavy atom. The maximum Gasteiger partial charge on any atom is 0.255 e. The van der Waals surface area contributed by atoms with Crippen molar-refractivity contribution >= 4 is 5.91 Å². The minimum atomic E-state index is -0.730. The molecule has 1 amide bonds. The van der Waals surface area contributed by atoms with E-state index >= 15 is 0 Å². The Bertz CT molecular complexity index is 285. The largest absolute Gasteiger partial charge is 0.369 e. The third kappa shape index (κ3) is 2.99. The van der Waals surface area contributed by atoms with Crippen molar-refractivity contribution in [2.24, 2.45) is 5.92 Å². The van der Waals surface area contributed by atoms with Crippen molar-refractivity contribution < 1.29 is 9.53 Å². The highest BCUT2D eigenvalue weighted by Gasteiger charge is 2.37. The lowest BCUT2D eigenvalue weighted by Crippen LogP contribution is -2.48. The van der Waals surface area contributed by atoms with E-state index in [2.05, 4.69) is 5.92 Å². The molecule has 0 aromatic rings. The molecule has 0 radical (unpaired) electrons. The van der Waals surface area contributed by atoms with Gasteiger partial charge in [0.1, 0.15) is 5.60 Å². The van der Waals surface area contributed by atoms with Gasteiger partial charge in [-0.3, -0.25) is 4.79 Å². The summed E-state index contributed by atoms with van der Waals surface area (Å²) in [6.45, 7) is 4.94. The summed E-state index contributed by atoms with van der Waals surface area (Å²) < 4.78 is 5.32. The molecule has 1 saturated carbocycles. The van der Waals surface area contributed by atoms with Crippen molar-refractivity contribution in [1.82, 2.24) is 4.90 Å². The van der Waals surface area contributed by atoms with Gasteiger partial charge in [-0.25, -0.2) is 0 Å². The van der Waals surface area contributed by atoms with Gasteiger partial charge in [0.25, 0.3) is 5.91 Å². The van der Waals surface area contributed by atoms with Crippen molar-refractivity contribution in [2.45, 2.75) is 38.7 Å².